The quantitative estimate of drug-likeness (QED) is 0.164. The van der Waals surface area contributed by atoms with E-state index in [4.69, 9.17) is 8.37 Å². The Morgan fingerprint density at radius 3 is 2.07 bits per heavy atom. The van der Waals surface area contributed by atoms with Crippen molar-refractivity contribution in [2.75, 3.05) is 25.6 Å². The van der Waals surface area contributed by atoms with Crippen LogP contribution in [0.1, 0.15) is 105 Å². The molecule has 0 aromatic rings. The van der Waals surface area contributed by atoms with Crippen LogP contribution in [-0.2, 0) is 8.37 Å². The van der Waals surface area contributed by atoms with E-state index in [1.807, 2.05) is 7.05 Å². The zero-order chi connectivity index (χ0) is 21.1. The molecule has 0 saturated carbocycles. The molecule has 0 heterocycles. The molecule has 1 N–H and O–H groups in total. The van der Waals surface area contributed by atoms with Gasteiger partial charge in [0.25, 0.3) is 0 Å². The summed E-state index contributed by atoms with van der Waals surface area (Å²) in [6.07, 6.45) is 22.2. The number of nitrogens with one attached hydrogen (secondary N) is 1. The Balaban J connectivity index is 4.35. The van der Waals surface area contributed by atoms with Crippen molar-refractivity contribution < 1.29 is 8.37 Å². The highest BCUT2D eigenvalue weighted by atomic mass is 32.3. The molecule has 3 nitrogen and oxygen atoms in total. The minimum absolute atomic E-state index is 0.262. The van der Waals surface area contributed by atoms with Gasteiger partial charge in [-0.1, -0.05) is 58.1 Å². The smallest absolute Gasteiger partial charge is 0.0796 e. The highest BCUT2D eigenvalue weighted by molar-refractivity contribution is 8.25. The molecule has 0 spiro atoms. The van der Waals surface area contributed by atoms with Gasteiger partial charge in [-0.25, -0.2) is 0 Å². The summed E-state index contributed by atoms with van der Waals surface area (Å²) in [6, 6.07) is 0. The van der Waals surface area contributed by atoms with Gasteiger partial charge in [0.05, 0.1) is 12.2 Å². The van der Waals surface area contributed by atoms with Gasteiger partial charge in [-0.2, -0.15) is 10.6 Å². The average molecular weight is 418 g/mol. The summed E-state index contributed by atoms with van der Waals surface area (Å²) in [5, 5.41) is 3.23. The molecule has 170 valence electrons. The Morgan fingerprint density at radius 1 is 0.786 bits per heavy atom. The molecule has 4 heteroatoms. The van der Waals surface area contributed by atoms with E-state index in [0.29, 0.717) is 6.10 Å². The van der Waals surface area contributed by atoms with Crippen molar-refractivity contribution in [3.05, 3.63) is 12.2 Å². The zero-order valence-corrected chi connectivity index (χ0v) is 20.8. The third kappa shape index (κ3) is 16.9. The van der Waals surface area contributed by atoms with Crippen molar-refractivity contribution in [1.29, 1.82) is 0 Å². The number of rotatable bonds is 20. The number of allylic oxidation sites excluding steroid dienone is 2. The Hall–Kier alpha value is -0.0300. The van der Waals surface area contributed by atoms with Crippen LogP contribution in [0.15, 0.2) is 12.2 Å². The van der Waals surface area contributed by atoms with Gasteiger partial charge in [-0.05, 0) is 72.4 Å². The number of hydrogen-bond acceptors (Lipinski definition) is 3. The first kappa shape index (κ1) is 28.0. The van der Waals surface area contributed by atoms with Crippen LogP contribution in [0.5, 0.6) is 0 Å². The van der Waals surface area contributed by atoms with Crippen LogP contribution in [0.25, 0.3) is 0 Å². The standard InChI is InChI=1S/C24H51NO2S/c1-7-9-10-11-12-13-16-20-24(4)27-28(6,26-23(3)19-8-2)22-18-15-14-17-21-25-5/h12-13,23-25H,7-11,14-22H2,1-6H3/b13-12-. The molecule has 0 radical (unpaired) electrons. The summed E-state index contributed by atoms with van der Waals surface area (Å²) >= 11 is 0. The monoisotopic (exact) mass is 417 g/mol. The van der Waals surface area contributed by atoms with E-state index in [0.717, 1.165) is 31.6 Å². The van der Waals surface area contributed by atoms with Crippen molar-refractivity contribution in [1.82, 2.24) is 5.32 Å². The molecule has 0 aromatic carbocycles. The second-order valence-corrected chi connectivity index (χ2v) is 10.9. The van der Waals surface area contributed by atoms with Crippen LogP contribution < -0.4 is 5.32 Å². The molecule has 0 aliphatic rings. The van der Waals surface area contributed by atoms with E-state index < -0.39 is 10.6 Å². The van der Waals surface area contributed by atoms with E-state index in [1.165, 1.54) is 57.8 Å². The summed E-state index contributed by atoms with van der Waals surface area (Å²) in [6.45, 7) is 10.0. The van der Waals surface area contributed by atoms with Crippen molar-refractivity contribution in [2.24, 2.45) is 0 Å². The second kappa shape index (κ2) is 19.0. The summed E-state index contributed by atoms with van der Waals surface area (Å²) in [5.74, 6) is 1.07. The minimum Gasteiger partial charge on any atom is -0.320 e. The Kier molecular flexibility index (Phi) is 18.9. The second-order valence-electron chi connectivity index (χ2n) is 8.29. The molecule has 0 saturated heterocycles. The van der Waals surface area contributed by atoms with E-state index in [9.17, 15) is 0 Å². The molecule has 0 aliphatic heterocycles. The van der Waals surface area contributed by atoms with Crippen molar-refractivity contribution >= 4 is 10.6 Å². The van der Waals surface area contributed by atoms with Crippen LogP contribution in [0.4, 0.5) is 0 Å². The maximum atomic E-state index is 6.54. The summed E-state index contributed by atoms with van der Waals surface area (Å²) in [4.78, 5) is 0. The lowest BCUT2D eigenvalue weighted by Gasteiger charge is -2.43. The maximum absolute atomic E-state index is 6.54. The van der Waals surface area contributed by atoms with Gasteiger partial charge in [0.1, 0.15) is 0 Å². The van der Waals surface area contributed by atoms with Gasteiger partial charge < -0.3 is 5.32 Å². The SMILES string of the molecule is CCCCC/C=C\CCC(C)OS(C)(CCCCCCNC)OC(C)CCC. The molecule has 0 bridgehead atoms. The van der Waals surface area contributed by atoms with E-state index in [-0.39, 0.29) is 6.10 Å². The van der Waals surface area contributed by atoms with Gasteiger partial charge in [0, 0.05) is 12.0 Å². The third-order valence-corrected chi connectivity index (χ3v) is 7.51. The summed E-state index contributed by atoms with van der Waals surface area (Å²) in [5.41, 5.74) is 0. The van der Waals surface area contributed by atoms with Crippen molar-refractivity contribution in [3.8, 4) is 0 Å². The Bertz CT molecular complexity index is 365. The van der Waals surface area contributed by atoms with Crippen molar-refractivity contribution in [3.63, 3.8) is 0 Å². The first-order chi connectivity index (χ1) is 13.5. The third-order valence-electron chi connectivity index (χ3n) is 5.00. The van der Waals surface area contributed by atoms with Gasteiger partial charge in [0.15, 0.2) is 0 Å². The lowest BCUT2D eigenvalue weighted by Crippen LogP contribution is -2.22. The largest absolute Gasteiger partial charge is 0.320 e. The van der Waals surface area contributed by atoms with E-state index in [2.05, 4.69) is 51.4 Å². The van der Waals surface area contributed by atoms with Gasteiger partial charge in [-0.15, -0.1) is 0 Å². The van der Waals surface area contributed by atoms with Gasteiger partial charge in [-0.3, -0.25) is 8.37 Å². The lowest BCUT2D eigenvalue weighted by atomic mass is 10.1. The van der Waals surface area contributed by atoms with Crippen LogP contribution in [0.3, 0.4) is 0 Å². The van der Waals surface area contributed by atoms with E-state index >= 15 is 0 Å². The molecule has 28 heavy (non-hydrogen) atoms. The summed E-state index contributed by atoms with van der Waals surface area (Å²) in [7, 11) is 0.581. The van der Waals surface area contributed by atoms with E-state index in [1.54, 1.807) is 0 Å². The molecule has 0 rings (SSSR count). The molecule has 0 fully saturated rings. The first-order valence-corrected chi connectivity index (χ1v) is 14.0. The molecule has 0 aromatic heterocycles. The fourth-order valence-electron chi connectivity index (χ4n) is 3.42. The molecule has 0 aliphatic carbocycles. The van der Waals surface area contributed by atoms with Crippen molar-refractivity contribution in [2.45, 2.75) is 117 Å². The normalized spacial score (nSPS) is 17.5. The topological polar surface area (TPSA) is 30.5 Å². The van der Waals surface area contributed by atoms with Gasteiger partial charge in [0.2, 0.25) is 0 Å². The highest BCUT2D eigenvalue weighted by Crippen LogP contribution is 2.50. The average Bonchev–Trinajstić information content (AvgIpc) is 2.63. The molecule has 3 atom stereocenters. The van der Waals surface area contributed by atoms with Crippen LogP contribution in [-0.4, -0.2) is 37.8 Å². The predicted octanol–water partition coefficient (Wildman–Crippen LogP) is 7.56. The number of hydrogen-bond donors (Lipinski definition) is 1. The highest BCUT2D eigenvalue weighted by Gasteiger charge is 2.21. The Labute approximate surface area is 179 Å². The summed E-state index contributed by atoms with van der Waals surface area (Å²) < 4.78 is 13.0. The molecule has 3 unspecified atom stereocenters. The van der Waals surface area contributed by atoms with Gasteiger partial charge >= 0.3 is 0 Å². The predicted molar refractivity (Wildman–Crippen MR) is 129 cm³/mol. The fourth-order valence-corrected chi connectivity index (χ4v) is 5.96. The van der Waals surface area contributed by atoms with Crippen LogP contribution >= 0.6 is 10.6 Å². The fraction of sp³-hybridized carbons (Fsp3) is 0.917. The van der Waals surface area contributed by atoms with Crippen LogP contribution in [0.2, 0.25) is 0 Å². The lowest BCUT2D eigenvalue weighted by molar-refractivity contribution is 0.158. The molecule has 0 amide bonds. The maximum Gasteiger partial charge on any atom is 0.0796 e. The first-order valence-electron chi connectivity index (χ1n) is 11.9. The molecular formula is C24H51NO2S. The Morgan fingerprint density at radius 2 is 1.43 bits per heavy atom. The number of unbranched alkanes of at least 4 members (excludes halogenated alkanes) is 6. The minimum atomic E-state index is -1.45. The zero-order valence-electron chi connectivity index (χ0n) is 19.9. The van der Waals surface area contributed by atoms with Crippen LogP contribution in [0, 0.1) is 0 Å². The molecular weight excluding hydrogens is 366 g/mol.